The third-order valence-electron chi connectivity index (χ3n) is 2.40. The first kappa shape index (κ1) is 8.53. The van der Waals surface area contributed by atoms with Gasteiger partial charge in [-0.15, -0.1) is 0 Å². The van der Waals surface area contributed by atoms with Crippen LogP contribution in [0.3, 0.4) is 0 Å². The van der Waals surface area contributed by atoms with Gasteiger partial charge in [0.05, 0.1) is 19.1 Å². The number of rotatable bonds is 2. The lowest BCUT2D eigenvalue weighted by Crippen LogP contribution is -2.31. The summed E-state index contributed by atoms with van der Waals surface area (Å²) in [6.45, 7) is 3.20. The molecule has 11 heavy (non-hydrogen) atoms. The van der Waals surface area contributed by atoms with Gasteiger partial charge in [0, 0.05) is 6.61 Å². The molecule has 1 heterocycles. The van der Waals surface area contributed by atoms with E-state index in [0.29, 0.717) is 13.2 Å². The zero-order valence-electron chi connectivity index (χ0n) is 7.05. The van der Waals surface area contributed by atoms with Crippen LogP contribution in [0.15, 0.2) is 0 Å². The molecule has 3 heteroatoms. The van der Waals surface area contributed by atoms with Crippen molar-refractivity contribution < 1.29 is 14.3 Å². The van der Waals surface area contributed by atoms with E-state index in [1.165, 1.54) is 7.11 Å². The molecule has 0 amide bonds. The van der Waals surface area contributed by atoms with Gasteiger partial charge in [-0.2, -0.15) is 0 Å². The van der Waals surface area contributed by atoms with E-state index in [4.69, 9.17) is 9.47 Å². The number of methoxy groups -OCH3 is 1. The second-order valence-electron chi connectivity index (χ2n) is 2.93. The first-order valence-corrected chi connectivity index (χ1v) is 3.91. The van der Waals surface area contributed by atoms with Crippen LogP contribution >= 0.6 is 0 Å². The quantitative estimate of drug-likeness (QED) is 0.562. The molecule has 0 saturated carbocycles. The highest BCUT2D eigenvalue weighted by Crippen LogP contribution is 2.33. The van der Waals surface area contributed by atoms with Gasteiger partial charge in [-0.25, -0.2) is 0 Å². The first-order chi connectivity index (χ1) is 5.25. The summed E-state index contributed by atoms with van der Waals surface area (Å²) < 4.78 is 9.88. The van der Waals surface area contributed by atoms with E-state index in [0.717, 1.165) is 12.8 Å². The fraction of sp³-hybridized carbons (Fsp3) is 0.875. The maximum atomic E-state index is 11.3. The minimum atomic E-state index is -0.339. The Bertz CT molecular complexity index is 147. The van der Waals surface area contributed by atoms with E-state index in [1.54, 1.807) is 0 Å². The zero-order chi connectivity index (χ0) is 8.32. The second-order valence-corrected chi connectivity index (χ2v) is 2.93. The lowest BCUT2D eigenvalue weighted by Gasteiger charge is -2.21. The Kier molecular flexibility index (Phi) is 2.49. The van der Waals surface area contributed by atoms with Gasteiger partial charge in [0.25, 0.3) is 0 Å². The molecule has 0 aromatic heterocycles. The maximum absolute atomic E-state index is 11.3. The summed E-state index contributed by atoms with van der Waals surface area (Å²) in [5.74, 6) is -0.127. The van der Waals surface area contributed by atoms with Gasteiger partial charge < -0.3 is 9.47 Å². The molecule has 1 aliphatic rings. The Balaban J connectivity index is 2.66. The highest BCUT2D eigenvalue weighted by atomic mass is 16.5. The molecule has 0 aromatic carbocycles. The Morgan fingerprint density at radius 2 is 2.45 bits per heavy atom. The van der Waals surface area contributed by atoms with E-state index in [9.17, 15) is 4.79 Å². The largest absolute Gasteiger partial charge is 0.469 e. The molecule has 0 spiro atoms. The zero-order valence-corrected chi connectivity index (χ0v) is 7.05. The summed E-state index contributed by atoms with van der Waals surface area (Å²) >= 11 is 0. The molecule has 1 fully saturated rings. The summed E-state index contributed by atoms with van der Waals surface area (Å²) in [7, 11) is 1.43. The predicted octanol–water partition coefficient (Wildman–Crippen LogP) is 0.976. The smallest absolute Gasteiger partial charge is 0.314 e. The number of carbonyl (C=O) groups is 1. The molecule has 64 valence electrons. The summed E-state index contributed by atoms with van der Waals surface area (Å²) in [6, 6.07) is 0. The second kappa shape index (κ2) is 3.22. The van der Waals surface area contributed by atoms with E-state index in [-0.39, 0.29) is 11.4 Å². The number of hydrogen-bond acceptors (Lipinski definition) is 3. The van der Waals surface area contributed by atoms with Crippen molar-refractivity contribution in [1.29, 1.82) is 0 Å². The van der Waals surface area contributed by atoms with Crippen LogP contribution in [0.2, 0.25) is 0 Å². The van der Waals surface area contributed by atoms with Crippen LogP contribution in [0.25, 0.3) is 0 Å². The van der Waals surface area contributed by atoms with Crippen molar-refractivity contribution in [2.45, 2.75) is 19.8 Å². The van der Waals surface area contributed by atoms with Crippen molar-refractivity contribution in [3.05, 3.63) is 0 Å². The molecular formula is C8H14O3. The molecular weight excluding hydrogens is 144 g/mol. The standard InChI is InChI=1S/C8H14O3/c1-3-8(7(9)10-2)4-5-11-6-8/h3-6H2,1-2H3. The van der Waals surface area contributed by atoms with Gasteiger partial charge in [0.1, 0.15) is 0 Å². The topological polar surface area (TPSA) is 35.5 Å². The van der Waals surface area contributed by atoms with Crippen LogP contribution in [0.1, 0.15) is 19.8 Å². The van der Waals surface area contributed by atoms with Gasteiger partial charge in [-0.3, -0.25) is 4.79 Å². The number of hydrogen-bond donors (Lipinski definition) is 0. The van der Waals surface area contributed by atoms with Crippen molar-refractivity contribution in [2.75, 3.05) is 20.3 Å². The fourth-order valence-electron chi connectivity index (χ4n) is 1.41. The first-order valence-electron chi connectivity index (χ1n) is 3.91. The van der Waals surface area contributed by atoms with E-state index < -0.39 is 0 Å². The van der Waals surface area contributed by atoms with Gasteiger partial charge in [-0.1, -0.05) is 6.92 Å². The molecule has 3 nitrogen and oxygen atoms in total. The van der Waals surface area contributed by atoms with Crippen LogP contribution in [-0.2, 0) is 14.3 Å². The van der Waals surface area contributed by atoms with Crippen molar-refractivity contribution in [1.82, 2.24) is 0 Å². The summed E-state index contributed by atoms with van der Waals surface area (Å²) in [5, 5.41) is 0. The highest BCUT2D eigenvalue weighted by Gasteiger charge is 2.41. The molecule has 0 aliphatic carbocycles. The minimum absolute atomic E-state index is 0.127. The summed E-state index contributed by atoms with van der Waals surface area (Å²) in [4.78, 5) is 11.3. The molecule has 1 unspecified atom stereocenters. The highest BCUT2D eigenvalue weighted by molar-refractivity contribution is 5.77. The van der Waals surface area contributed by atoms with Gasteiger partial charge >= 0.3 is 5.97 Å². The SMILES string of the molecule is CCC1(C(=O)OC)CCOC1. The van der Waals surface area contributed by atoms with Crippen LogP contribution < -0.4 is 0 Å². The Morgan fingerprint density at radius 1 is 1.73 bits per heavy atom. The number of ether oxygens (including phenoxy) is 2. The average molecular weight is 158 g/mol. The van der Waals surface area contributed by atoms with Crippen LogP contribution in [0, 0.1) is 5.41 Å². The molecule has 1 saturated heterocycles. The summed E-state index contributed by atoms with van der Waals surface area (Å²) in [5.41, 5.74) is -0.339. The molecule has 1 atom stereocenters. The van der Waals surface area contributed by atoms with Gasteiger partial charge in [0.2, 0.25) is 0 Å². The van der Waals surface area contributed by atoms with E-state index in [2.05, 4.69) is 0 Å². The molecule has 1 aliphatic heterocycles. The third kappa shape index (κ3) is 1.38. The van der Waals surface area contributed by atoms with Crippen molar-refractivity contribution in [2.24, 2.45) is 5.41 Å². The van der Waals surface area contributed by atoms with Crippen molar-refractivity contribution >= 4 is 5.97 Å². The minimum Gasteiger partial charge on any atom is -0.469 e. The lowest BCUT2D eigenvalue weighted by molar-refractivity contribution is -0.153. The Morgan fingerprint density at radius 3 is 2.82 bits per heavy atom. The number of carbonyl (C=O) groups excluding carboxylic acids is 1. The van der Waals surface area contributed by atoms with Crippen molar-refractivity contribution in [3.8, 4) is 0 Å². The molecule has 0 radical (unpaired) electrons. The average Bonchev–Trinajstić information content (AvgIpc) is 2.52. The normalized spacial score (nSPS) is 30.4. The monoisotopic (exact) mass is 158 g/mol. The van der Waals surface area contributed by atoms with Crippen LogP contribution in [-0.4, -0.2) is 26.3 Å². The van der Waals surface area contributed by atoms with Crippen LogP contribution in [0.5, 0.6) is 0 Å². The lowest BCUT2D eigenvalue weighted by atomic mass is 9.85. The molecule has 0 aromatic rings. The number of esters is 1. The predicted molar refractivity (Wildman–Crippen MR) is 40.2 cm³/mol. The van der Waals surface area contributed by atoms with Gasteiger partial charge in [0.15, 0.2) is 0 Å². The van der Waals surface area contributed by atoms with E-state index >= 15 is 0 Å². The summed E-state index contributed by atoms with van der Waals surface area (Å²) in [6.07, 6.45) is 1.61. The van der Waals surface area contributed by atoms with E-state index in [1.807, 2.05) is 6.92 Å². The van der Waals surface area contributed by atoms with Crippen molar-refractivity contribution in [3.63, 3.8) is 0 Å². The Hall–Kier alpha value is -0.570. The molecule has 0 bridgehead atoms. The Labute approximate surface area is 66.7 Å². The van der Waals surface area contributed by atoms with Crippen LogP contribution in [0.4, 0.5) is 0 Å². The fourth-order valence-corrected chi connectivity index (χ4v) is 1.41. The molecule has 0 N–H and O–H groups in total. The maximum Gasteiger partial charge on any atom is 0.314 e. The third-order valence-corrected chi connectivity index (χ3v) is 2.40. The molecule has 1 rings (SSSR count). The van der Waals surface area contributed by atoms with Gasteiger partial charge in [-0.05, 0) is 12.8 Å².